The first-order valence-corrected chi connectivity index (χ1v) is 6.70. The maximum atomic E-state index is 13.5. The van der Waals surface area contributed by atoms with Crippen molar-refractivity contribution < 1.29 is 9.18 Å². The highest BCUT2D eigenvalue weighted by Crippen LogP contribution is 2.26. The highest BCUT2D eigenvalue weighted by Gasteiger charge is 2.36. The molecule has 2 atom stereocenters. The summed E-state index contributed by atoms with van der Waals surface area (Å²) in [6.45, 7) is 7.15. The highest BCUT2D eigenvalue weighted by atomic mass is 19.1. The van der Waals surface area contributed by atoms with E-state index < -0.39 is 0 Å². The summed E-state index contributed by atoms with van der Waals surface area (Å²) in [7, 11) is 0. The van der Waals surface area contributed by atoms with Crippen molar-refractivity contribution in [3.63, 3.8) is 0 Å². The van der Waals surface area contributed by atoms with Gasteiger partial charge in [-0.15, -0.1) is 0 Å². The maximum Gasteiger partial charge on any atom is 0.227 e. The highest BCUT2D eigenvalue weighted by molar-refractivity contribution is 5.83. The lowest BCUT2D eigenvalue weighted by molar-refractivity contribution is -0.129. The van der Waals surface area contributed by atoms with Gasteiger partial charge in [-0.3, -0.25) is 4.79 Å². The van der Waals surface area contributed by atoms with Crippen LogP contribution in [0.2, 0.25) is 0 Å². The van der Waals surface area contributed by atoms with Crippen LogP contribution in [0.25, 0.3) is 0 Å². The van der Waals surface area contributed by atoms with Crippen molar-refractivity contribution in [2.24, 2.45) is 5.41 Å². The second kappa shape index (κ2) is 5.29. The van der Waals surface area contributed by atoms with Crippen molar-refractivity contribution in [1.82, 2.24) is 10.6 Å². The average Bonchev–Trinajstić information content (AvgIpc) is 2.81. The van der Waals surface area contributed by atoms with Gasteiger partial charge in [0.15, 0.2) is 0 Å². The van der Waals surface area contributed by atoms with Crippen LogP contribution in [0.3, 0.4) is 0 Å². The molecule has 0 saturated carbocycles. The van der Waals surface area contributed by atoms with Crippen molar-refractivity contribution in [2.45, 2.75) is 33.2 Å². The van der Waals surface area contributed by atoms with Gasteiger partial charge in [0.25, 0.3) is 0 Å². The molecule has 4 heteroatoms. The molecule has 1 heterocycles. The Morgan fingerprint density at radius 1 is 1.53 bits per heavy atom. The monoisotopic (exact) mass is 264 g/mol. The zero-order valence-electron chi connectivity index (χ0n) is 11.7. The van der Waals surface area contributed by atoms with E-state index in [4.69, 9.17) is 0 Å². The minimum absolute atomic E-state index is 0.0333. The molecule has 19 heavy (non-hydrogen) atoms. The third-order valence-electron chi connectivity index (χ3n) is 3.96. The van der Waals surface area contributed by atoms with Crippen LogP contribution < -0.4 is 10.6 Å². The maximum absolute atomic E-state index is 13.5. The zero-order valence-corrected chi connectivity index (χ0v) is 11.7. The molecule has 1 fully saturated rings. The van der Waals surface area contributed by atoms with Gasteiger partial charge in [0.1, 0.15) is 5.82 Å². The molecule has 0 radical (unpaired) electrons. The van der Waals surface area contributed by atoms with Gasteiger partial charge >= 0.3 is 0 Å². The van der Waals surface area contributed by atoms with Crippen LogP contribution in [-0.2, 0) is 4.79 Å². The van der Waals surface area contributed by atoms with Crippen molar-refractivity contribution in [3.8, 4) is 0 Å². The Morgan fingerprint density at radius 3 is 2.84 bits per heavy atom. The Kier molecular flexibility index (Phi) is 3.90. The molecule has 2 N–H and O–H groups in total. The fourth-order valence-corrected chi connectivity index (χ4v) is 2.34. The Labute approximate surface area is 113 Å². The molecule has 1 aliphatic rings. The molecule has 1 aromatic carbocycles. The predicted octanol–water partition coefficient (Wildman–Crippen LogP) is 2.31. The van der Waals surface area contributed by atoms with Crippen LogP contribution in [0.5, 0.6) is 0 Å². The molecule has 2 rings (SSSR count). The van der Waals surface area contributed by atoms with E-state index in [1.807, 2.05) is 19.9 Å². The normalized spacial score (nSPS) is 24.2. The lowest BCUT2D eigenvalue weighted by Gasteiger charge is -2.24. The number of hydrogen-bond acceptors (Lipinski definition) is 2. The van der Waals surface area contributed by atoms with E-state index in [-0.39, 0.29) is 23.2 Å². The van der Waals surface area contributed by atoms with Crippen molar-refractivity contribution in [3.05, 3.63) is 35.1 Å². The average molecular weight is 264 g/mol. The number of carbonyl (C=O) groups excluding carboxylic acids is 1. The summed E-state index contributed by atoms with van der Waals surface area (Å²) in [6, 6.07) is 4.92. The van der Waals surface area contributed by atoms with Crippen LogP contribution in [-0.4, -0.2) is 19.0 Å². The van der Waals surface area contributed by atoms with E-state index in [9.17, 15) is 9.18 Å². The van der Waals surface area contributed by atoms with Crippen molar-refractivity contribution in [1.29, 1.82) is 0 Å². The van der Waals surface area contributed by atoms with Crippen LogP contribution >= 0.6 is 0 Å². The van der Waals surface area contributed by atoms with Gasteiger partial charge in [0.2, 0.25) is 5.91 Å². The van der Waals surface area contributed by atoms with Crippen molar-refractivity contribution >= 4 is 5.91 Å². The van der Waals surface area contributed by atoms with E-state index in [0.29, 0.717) is 12.1 Å². The van der Waals surface area contributed by atoms with Crippen LogP contribution in [0.4, 0.5) is 4.39 Å². The Bertz CT molecular complexity index is 481. The second-order valence-corrected chi connectivity index (χ2v) is 5.69. The molecule has 0 bridgehead atoms. The number of hydrogen-bond donors (Lipinski definition) is 2. The Balaban J connectivity index is 2.06. The van der Waals surface area contributed by atoms with Gasteiger partial charge in [-0.1, -0.05) is 12.1 Å². The standard InChI is InChI=1S/C15H21FN2O/c1-10-4-5-12(8-13(10)16)11(2)18-14(19)15(3)6-7-17-9-15/h4-5,8,11,17H,6-7,9H2,1-3H3,(H,18,19). The van der Waals surface area contributed by atoms with E-state index >= 15 is 0 Å². The van der Waals surface area contributed by atoms with E-state index in [1.165, 1.54) is 6.07 Å². The number of rotatable bonds is 3. The van der Waals surface area contributed by atoms with E-state index in [2.05, 4.69) is 10.6 Å². The zero-order chi connectivity index (χ0) is 14.0. The van der Waals surface area contributed by atoms with Gasteiger partial charge in [0, 0.05) is 6.54 Å². The summed E-state index contributed by atoms with van der Waals surface area (Å²) in [5.74, 6) is -0.196. The summed E-state index contributed by atoms with van der Waals surface area (Å²) in [6.07, 6.45) is 0.841. The van der Waals surface area contributed by atoms with Gasteiger partial charge in [-0.2, -0.15) is 0 Å². The topological polar surface area (TPSA) is 41.1 Å². The molecular weight excluding hydrogens is 243 g/mol. The molecule has 2 unspecified atom stereocenters. The second-order valence-electron chi connectivity index (χ2n) is 5.69. The number of benzene rings is 1. The SMILES string of the molecule is Cc1ccc(C(C)NC(=O)C2(C)CCNC2)cc1F. The summed E-state index contributed by atoms with van der Waals surface area (Å²) < 4.78 is 13.5. The third-order valence-corrected chi connectivity index (χ3v) is 3.96. The van der Waals surface area contributed by atoms with Gasteiger partial charge in [-0.05, 0) is 50.9 Å². The number of amides is 1. The molecular formula is C15H21FN2O. The first kappa shape index (κ1) is 14.0. The van der Waals surface area contributed by atoms with Crippen LogP contribution in [0.1, 0.15) is 37.4 Å². The summed E-state index contributed by atoms with van der Waals surface area (Å²) >= 11 is 0. The van der Waals surface area contributed by atoms with Crippen molar-refractivity contribution in [2.75, 3.05) is 13.1 Å². The first-order valence-electron chi connectivity index (χ1n) is 6.70. The summed E-state index contributed by atoms with van der Waals surface area (Å²) in [5.41, 5.74) is 1.07. The number of aryl methyl sites for hydroxylation is 1. The number of halogens is 1. The molecule has 0 spiro atoms. The fourth-order valence-electron chi connectivity index (χ4n) is 2.34. The number of carbonyl (C=O) groups is 1. The smallest absolute Gasteiger partial charge is 0.227 e. The van der Waals surface area contributed by atoms with E-state index in [1.54, 1.807) is 13.0 Å². The minimum atomic E-state index is -0.350. The van der Waals surface area contributed by atoms with E-state index in [0.717, 1.165) is 18.5 Å². The van der Waals surface area contributed by atoms with Gasteiger partial charge in [0.05, 0.1) is 11.5 Å². The largest absolute Gasteiger partial charge is 0.349 e. The summed E-state index contributed by atoms with van der Waals surface area (Å²) in [5, 5.41) is 6.18. The predicted molar refractivity (Wildman–Crippen MR) is 73.3 cm³/mol. The molecule has 104 valence electrons. The Morgan fingerprint density at radius 2 is 2.26 bits per heavy atom. The summed E-state index contributed by atoms with van der Waals surface area (Å²) in [4.78, 5) is 12.3. The molecule has 1 aromatic rings. The third kappa shape index (κ3) is 2.95. The Hall–Kier alpha value is -1.42. The number of nitrogens with one attached hydrogen (secondary N) is 2. The lowest BCUT2D eigenvalue weighted by atomic mass is 9.88. The molecule has 3 nitrogen and oxygen atoms in total. The van der Waals surface area contributed by atoms with Gasteiger partial charge in [-0.25, -0.2) is 4.39 Å². The minimum Gasteiger partial charge on any atom is -0.349 e. The van der Waals surface area contributed by atoms with Gasteiger partial charge < -0.3 is 10.6 Å². The molecule has 1 saturated heterocycles. The molecule has 1 amide bonds. The molecule has 0 aromatic heterocycles. The first-order chi connectivity index (χ1) is 8.92. The molecule has 0 aliphatic carbocycles. The van der Waals surface area contributed by atoms with Crippen LogP contribution in [0, 0.1) is 18.2 Å². The fraction of sp³-hybridized carbons (Fsp3) is 0.533. The lowest BCUT2D eigenvalue weighted by Crippen LogP contribution is -2.41. The molecule has 1 aliphatic heterocycles. The van der Waals surface area contributed by atoms with Crippen LogP contribution in [0.15, 0.2) is 18.2 Å². The quantitative estimate of drug-likeness (QED) is 0.879.